The lowest BCUT2D eigenvalue weighted by Crippen LogP contribution is -2.69. The van der Waals surface area contributed by atoms with Crippen molar-refractivity contribution in [1.82, 2.24) is 16.0 Å². The van der Waals surface area contributed by atoms with E-state index in [0.29, 0.717) is 19.6 Å². The third-order valence-corrected chi connectivity index (χ3v) is 5.22. The molecule has 1 atom stereocenters. The number of urea groups is 1. The van der Waals surface area contributed by atoms with Gasteiger partial charge >= 0.3 is 6.03 Å². The second-order valence-electron chi connectivity index (χ2n) is 7.02. The van der Waals surface area contributed by atoms with E-state index in [-0.39, 0.29) is 23.5 Å². The van der Waals surface area contributed by atoms with Gasteiger partial charge in [0, 0.05) is 13.0 Å². The summed E-state index contributed by atoms with van der Waals surface area (Å²) in [4.78, 5) is 23.8. The van der Waals surface area contributed by atoms with Gasteiger partial charge in [-0.2, -0.15) is 0 Å². The lowest BCUT2D eigenvalue weighted by Gasteiger charge is -2.50. The van der Waals surface area contributed by atoms with E-state index in [0.717, 1.165) is 43.4 Å². The molecular weight excluding hydrogens is 318 g/mol. The number of carbonyl (C=O) groups excluding carboxylic acids is 2. The maximum Gasteiger partial charge on any atom is 0.315 e. The Labute approximate surface area is 148 Å². The lowest BCUT2D eigenvalue weighted by molar-refractivity contribution is -0.127. The molecular formula is C19H27N3O3. The Morgan fingerprint density at radius 2 is 2.16 bits per heavy atom. The molecule has 1 aliphatic heterocycles. The summed E-state index contributed by atoms with van der Waals surface area (Å²) in [6.45, 7) is 3.14. The maximum atomic E-state index is 12.1. The summed E-state index contributed by atoms with van der Waals surface area (Å²) in [5, 5.41) is 9.01. The number of ether oxygens (including phenoxy) is 1. The molecule has 0 unspecified atom stereocenters. The first kappa shape index (κ1) is 17.6. The number of para-hydroxylation sites is 1. The van der Waals surface area contributed by atoms with Gasteiger partial charge in [0.15, 0.2) is 0 Å². The summed E-state index contributed by atoms with van der Waals surface area (Å²) in [6.07, 6.45) is 4.96. The molecule has 0 radical (unpaired) electrons. The van der Waals surface area contributed by atoms with E-state index < -0.39 is 0 Å². The van der Waals surface area contributed by atoms with Gasteiger partial charge in [-0.15, -0.1) is 0 Å². The van der Waals surface area contributed by atoms with E-state index in [9.17, 15) is 9.59 Å². The molecule has 0 aromatic heterocycles. The molecule has 136 valence electrons. The Morgan fingerprint density at radius 3 is 2.88 bits per heavy atom. The Balaban J connectivity index is 1.35. The van der Waals surface area contributed by atoms with Crippen molar-refractivity contribution < 1.29 is 14.3 Å². The number of hydrogen-bond acceptors (Lipinski definition) is 3. The number of hydrogen-bond donors (Lipinski definition) is 3. The van der Waals surface area contributed by atoms with Crippen molar-refractivity contribution in [2.75, 3.05) is 13.2 Å². The van der Waals surface area contributed by atoms with Crippen molar-refractivity contribution in [2.24, 2.45) is 0 Å². The largest absolute Gasteiger partial charge is 0.493 e. The molecule has 25 heavy (non-hydrogen) atoms. The summed E-state index contributed by atoms with van der Waals surface area (Å²) in [7, 11) is 0. The van der Waals surface area contributed by atoms with Gasteiger partial charge in [-0.1, -0.05) is 18.2 Å². The molecule has 1 aromatic rings. The molecule has 1 spiro atoms. The molecule has 3 rings (SSSR count). The topological polar surface area (TPSA) is 79.5 Å². The van der Waals surface area contributed by atoms with Crippen LogP contribution in [0.3, 0.4) is 0 Å². The second kappa shape index (κ2) is 7.76. The molecule has 3 amide bonds. The quantitative estimate of drug-likeness (QED) is 0.692. The summed E-state index contributed by atoms with van der Waals surface area (Å²) in [5.74, 6) is 0.989. The van der Waals surface area contributed by atoms with Crippen LogP contribution in [0, 0.1) is 6.92 Å². The fourth-order valence-corrected chi connectivity index (χ4v) is 3.60. The predicted octanol–water partition coefficient (Wildman–Crippen LogP) is 2.26. The van der Waals surface area contributed by atoms with Gasteiger partial charge in [-0.05, 0) is 50.7 Å². The van der Waals surface area contributed by atoms with Crippen LogP contribution in [-0.2, 0) is 4.79 Å². The van der Waals surface area contributed by atoms with Gasteiger partial charge in [0.25, 0.3) is 0 Å². The van der Waals surface area contributed by atoms with Crippen LogP contribution in [-0.4, -0.2) is 36.7 Å². The molecule has 0 bridgehead atoms. The van der Waals surface area contributed by atoms with Crippen LogP contribution in [0.15, 0.2) is 24.3 Å². The average molecular weight is 345 g/mol. The lowest BCUT2D eigenvalue weighted by atomic mass is 9.68. The fraction of sp³-hybridized carbons (Fsp3) is 0.579. The van der Waals surface area contributed by atoms with Crippen molar-refractivity contribution in [3.05, 3.63) is 29.8 Å². The van der Waals surface area contributed by atoms with Crippen LogP contribution < -0.4 is 20.7 Å². The fourth-order valence-electron chi connectivity index (χ4n) is 3.60. The molecule has 1 saturated heterocycles. The number of amides is 3. The predicted molar refractivity (Wildman–Crippen MR) is 95.6 cm³/mol. The van der Waals surface area contributed by atoms with Crippen molar-refractivity contribution in [3.8, 4) is 5.75 Å². The SMILES string of the molecule is Cc1ccccc1OCCCNC(=O)N[C@@H]1CCC(=O)NC12CCC2. The highest BCUT2D eigenvalue weighted by Gasteiger charge is 2.48. The average Bonchev–Trinajstić information content (AvgIpc) is 2.56. The number of aryl methyl sites for hydroxylation is 1. The van der Waals surface area contributed by atoms with Crippen LogP contribution >= 0.6 is 0 Å². The van der Waals surface area contributed by atoms with E-state index in [1.165, 1.54) is 0 Å². The molecule has 1 aliphatic carbocycles. The standard InChI is InChI=1S/C19H27N3O3/c1-14-6-2-3-7-15(14)25-13-5-12-20-18(24)21-16-8-9-17(23)22-19(16)10-4-11-19/h2-3,6-7,16H,4-5,8-13H2,1H3,(H,22,23)(H2,20,21,24)/t16-/m1/s1. The molecule has 2 aliphatic rings. The molecule has 6 heteroatoms. The minimum absolute atomic E-state index is 0.0298. The summed E-state index contributed by atoms with van der Waals surface area (Å²) in [6, 6.07) is 7.76. The van der Waals surface area contributed by atoms with E-state index in [1.54, 1.807) is 0 Å². The van der Waals surface area contributed by atoms with Crippen molar-refractivity contribution >= 4 is 11.9 Å². The van der Waals surface area contributed by atoms with E-state index in [1.807, 2.05) is 31.2 Å². The van der Waals surface area contributed by atoms with Crippen LogP contribution in [0.25, 0.3) is 0 Å². The third-order valence-electron chi connectivity index (χ3n) is 5.22. The summed E-state index contributed by atoms with van der Waals surface area (Å²) >= 11 is 0. The van der Waals surface area contributed by atoms with Crippen molar-refractivity contribution in [1.29, 1.82) is 0 Å². The monoisotopic (exact) mass is 345 g/mol. The number of piperidine rings is 1. The zero-order chi connectivity index (χ0) is 17.7. The summed E-state index contributed by atoms with van der Waals surface area (Å²) in [5.41, 5.74) is 0.902. The van der Waals surface area contributed by atoms with Gasteiger partial charge < -0.3 is 20.7 Å². The molecule has 1 saturated carbocycles. The number of benzene rings is 1. The Bertz CT molecular complexity index is 628. The van der Waals surface area contributed by atoms with Gasteiger partial charge in [0.1, 0.15) is 5.75 Å². The minimum Gasteiger partial charge on any atom is -0.493 e. The van der Waals surface area contributed by atoms with Crippen LogP contribution in [0.4, 0.5) is 4.79 Å². The third kappa shape index (κ3) is 4.24. The number of rotatable bonds is 6. The first-order chi connectivity index (χ1) is 12.1. The van der Waals surface area contributed by atoms with Crippen LogP contribution in [0.5, 0.6) is 5.75 Å². The molecule has 1 aromatic carbocycles. The van der Waals surface area contributed by atoms with Gasteiger partial charge in [-0.25, -0.2) is 4.79 Å². The van der Waals surface area contributed by atoms with Gasteiger partial charge in [0.05, 0.1) is 18.2 Å². The highest BCUT2D eigenvalue weighted by atomic mass is 16.5. The smallest absolute Gasteiger partial charge is 0.315 e. The second-order valence-corrected chi connectivity index (χ2v) is 7.02. The van der Waals surface area contributed by atoms with Gasteiger partial charge in [0.2, 0.25) is 5.91 Å². The van der Waals surface area contributed by atoms with Gasteiger partial charge in [-0.3, -0.25) is 4.79 Å². The van der Waals surface area contributed by atoms with E-state index >= 15 is 0 Å². The maximum absolute atomic E-state index is 12.1. The van der Waals surface area contributed by atoms with Crippen LogP contribution in [0.2, 0.25) is 0 Å². The molecule has 3 N–H and O–H groups in total. The Morgan fingerprint density at radius 1 is 1.36 bits per heavy atom. The zero-order valence-electron chi connectivity index (χ0n) is 14.8. The first-order valence-electron chi connectivity index (χ1n) is 9.13. The van der Waals surface area contributed by atoms with E-state index in [2.05, 4.69) is 16.0 Å². The zero-order valence-corrected chi connectivity index (χ0v) is 14.8. The minimum atomic E-state index is -0.208. The normalized spacial score (nSPS) is 21.2. The Kier molecular flexibility index (Phi) is 5.46. The molecule has 2 fully saturated rings. The first-order valence-corrected chi connectivity index (χ1v) is 9.13. The highest BCUT2D eigenvalue weighted by Crippen LogP contribution is 2.38. The molecule has 1 heterocycles. The van der Waals surface area contributed by atoms with Crippen LogP contribution in [0.1, 0.15) is 44.1 Å². The number of nitrogens with one attached hydrogen (secondary N) is 3. The van der Waals surface area contributed by atoms with Crippen molar-refractivity contribution in [3.63, 3.8) is 0 Å². The van der Waals surface area contributed by atoms with Crippen molar-refractivity contribution in [2.45, 2.75) is 57.0 Å². The summed E-state index contributed by atoms with van der Waals surface area (Å²) < 4.78 is 5.72. The Hall–Kier alpha value is -2.24. The highest BCUT2D eigenvalue weighted by molar-refractivity contribution is 5.79. The van der Waals surface area contributed by atoms with E-state index in [4.69, 9.17) is 4.74 Å². The number of carbonyl (C=O) groups is 2. The molecule has 6 nitrogen and oxygen atoms in total.